The van der Waals surface area contributed by atoms with Gasteiger partial charge in [0.15, 0.2) is 0 Å². The third-order valence-corrected chi connectivity index (χ3v) is 4.64. The van der Waals surface area contributed by atoms with Gasteiger partial charge in [-0.3, -0.25) is 9.48 Å². The number of anilines is 1. The van der Waals surface area contributed by atoms with E-state index in [9.17, 15) is 4.79 Å². The Labute approximate surface area is 133 Å². The smallest absolute Gasteiger partial charge is 0.226 e. The molecule has 2 rings (SSSR count). The third kappa shape index (κ3) is 3.94. The Morgan fingerprint density at radius 1 is 1.29 bits per heavy atom. The second-order valence-corrected chi connectivity index (χ2v) is 5.85. The van der Waals surface area contributed by atoms with Gasteiger partial charge in [-0.05, 0) is 53.9 Å². The van der Waals surface area contributed by atoms with Crippen LogP contribution in [0, 0.1) is 13.8 Å². The zero-order valence-electron chi connectivity index (χ0n) is 12.6. The second-order valence-electron chi connectivity index (χ2n) is 5.06. The van der Waals surface area contributed by atoms with Crippen LogP contribution in [-0.4, -0.2) is 15.7 Å². The number of nitrogens with one attached hydrogen (secondary N) is 1. The molecule has 4 nitrogen and oxygen atoms in total. The fraction of sp³-hybridized carbons (Fsp3) is 0.375. The van der Waals surface area contributed by atoms with Crippen LogP contribution in [0.5, 0.6) is 0 Å². The summed E-state index contributed by atoms with van der Waals surface area (Å²) in [5.41, 5.74) is 4.10. The highest BCUT2D eigenvalue weighted by molar-refractivity contribution is 9.10. The first kappa shape index (κ1) is 15.8. The van der Waals surface area contributed by atoms with Crippen molar-refractivity contribution in [3.05, 3.63) is 45.7 Å². The van der Waals surface area contributed by atoms with Crippen molar-refractivity contribution in [2.24, 2.45) is 0 Å². The van der Waals surface area contributed by atoms with Gasteiger partial charge in [0, 0.05) is 17.8 Å². The van der Waals surface area contributed by atoms with Gasteiger partial charge in [-0.2, -0.15) is 5.10 Å². The molecular weight excluding hydrogens is 330 g/mol. The molecule has 5 heteroatoms. The number of aromatic nitrogens is 2. The minimum atomic E-state index is 0.00271. The Balaban J connectivity index is 1.91. The Hall–Kier alpha value is -1.62. The van der Waals surface area contributed by atoms with E-state index in [1.165, 1.54) is 5.56 Å². The summed E-state index contributed by atoms with van der Waals surface area (Å²) in [6, 6.07) is 7.95. The Bertz CT molecular complexity index is 632. The largest absolute Gasteiger partial charge is 0.326 e. The van der Waals surface area contributed by atoms with Crippen molar-refractivity contribution in [1.29, 1.82) is 0 Å². The number of nitrogens with zero attached hydrogens (tertiary/aromatic N) is 2. The maximum atomic E-state index is 12.0. The van der Waals surface area contributed by atoms with Crippen molar-refractivity contribution in [2.45, 2.75) is 40.2 Å². The quantitative estimate of drug-likeness (QED) is 0.890. The average molecular weight is 350 g/mol. The highest BCUT2D eigenvalue weighted by Crippen LogP contribution is 2.20. The summed E-state index contributed by atoms with van der Waals surface area (Å²) in [6.45, 7) is 6.63. The summed E-state index contributed by atoms with van der Waals surface area (Å²) in [5, 5.41) is 7.31. The number of hydrogen-bond donors (Lipinski definition) is 1. The maximum Gasteiger partial charge on any atom is 0.226 e. The van der Waals surface area contributed by atoms with Gasteiger partial charge in [-0.25, -0.2) is 0 Å². The number of rotatable bonds is 5. The molecular formula is C16H20BrN3O. The summed E-state index contributed by atoms with van der Waals surface area (Å²) >= 11 is 3.49. The molecule has 0 aliphatic carbocycles. The fourth-order valence-corrected chi connectivity index (χ4v) is 2.43. The first-order valence-corrected chi connectivity index (χ1v) is 7.89. The molecule has 1 N–H and O–H groups in total. The van der Waals surface area contributed by atoms with Crippen molar-refractivity contribution in [3.8, 4) is 0 Å². The zero-order chi connectivity index (χ0) is 15.4. The monoisotopic (exact) mass is 349 g/mol. The normalized spacial score (nSPS) is 10.7. The standard InChI is InChI=1S/C16H20BrN3O/c1-4-13-5-7-14(8-6-13)18-15(21)9-10-20-12(3)16(17)11(2)19-20/h5-8H,4,9-10H2,1-3H3,(H,18,21). The lowest BCUT2D eigenvalue weighted by Crippen LogP contribution is -2.15. The van der Waals surface area contributed by atoms with E-state index in [0.717, 1.165) is 28.0 Å². The van der Waals surface area contributed by atoms with Crippen LogP contribution in [-0.2, 0) is 17.8 Å². The van der Waals surface area contributed by atoms with Crippen molar-refractivity contribution in [3.63, 3.8) is 0 Å². The molecule has 0 aliphatic rings. The van der Waals surface area contributed by atoms with Crippen LogP contribution in [0.2, 0.25) is 0 Å². The Kier molecular flexibility index (Phi) is 5.17. The molecule has 21 heavy (non-hydrogen) atoms. The van der Waals surface area contributed by atoms with E-state index in [2.05, 4.69) is 33.3 Å². The van der Waals surface area contributed by atoms with Crippen molar-refractivity contribution in [1.82, 2.24) is 9.78 Å². The van der Waals surface area contributed by atoms with Crippen LogP contribution in [0.15, 0.2) is 28.7 Å². The molecule has 0 bridgehead atoms. The number of amides is 1. The zero-order valence-corrected chi connectivity index (χ0v) is 14.2. The summed E-state index contributed by atoms with van der Waals surface area (Å²) in [4.78, 5) is 12.0. The molecule has 0 saturated carbocycles. The van der Waals surface area contributed by atoms with Crippen molar-refractivity contribution < 1.29 is 4.79 Å². The van der Waals surface area contributed by atoms with Crippen LogP contribution in [0.25, 0.3) is 0 Å². The summed E-state index contributed by atoms with van der Waals surface area (Å²) in [7, 11) is 0. The molecule has 112 valence electrons. The highest BCUT2D eigenvalue weighted by Gasteiger charge is 2.10. The number of carbonyl (C=O) groups is 1. The highest BCUT2D eigenvalue weighted by atomic mass is 79.9. The van der Waals surface area contributed by atoms with Gasteiger partial charge >= 0.3 is 0 Å². The molecule has 0 aliphatic heterocycles. The van der Waals surface area contributed by atoms with Crippen LogP contribution in [0.4, 0.5) is 5.69 Å². The fourth-order valence-electron chi connectivity index (χ4n) is 2.15. The lowest BCUT2D eigenvalue weighted by molar-refractivity contribution is -0.116. The summed E-state index contributed by atoms with van der Waals surface area (Å²) in [5.74, 6) is 0.00271. The minimum absolute atomic E-state index is 0.00271. The average Bonchev–Trinajstić information content (AvgIpc) is 2.73. The van der Waals surface area contributed by atoms with Crippen molar-refractivity contribution >= 4 is 27.5 Å². The van der Waals surface area contributed by atoms with E-state index < -0.39 is 0 Å². The molecule has 0 unspecified atom stereocenters. The number of benzene rings is 1. The maximum absolute atomic E-state index is 12.0. The van der Waals surface area contributed by atoms with E-state index in [1.807, 2.05) is 42.8 Å². The number of aryl methyl sites for hydroxylation is 3. The molecule has 0 saturated heterocycles. The summed E-state index contributed by atoms with van der Waals surface area (Å²) in [6.07, 6.45) is 1.41. The predicted octanol–water partition coefficient (Wildman–Crippen LogP) is 3.85. The first-order chi connectivity index (χ1) is 10.0. The van der Waals surface area contributed by atoms with E-state index in [4.69, 9.17) is 0 Å². The molecule has 1 aromatic carbocycles. The molecule has 0 atom stereocenters. The molecule has 1 heterocycles. The number of hydrogen-bond acceptors (Lipinski definition) is 2. The van der Waals surface area contributed by atoms with Gasteiger partial charge in [0.05, 0.1) is 16.7 Å². The van der Waals surface area contributed by atoms with Crippen molar-refractivity contribution in [2.75, 3.05) is 5.32 Å². The Morgan fingerprint density at radius 2 is 1.95 bits per heavy atom. The van der Waals surface area contributed by atoms with Gasteiger partial charge in [0.25, 0.3) is 0 Å². The predicted molar refractivity (Wildman–Crippen MR) is 88.5 cm³/mol. The first-order valence-electron chi connectivity index (χ1n) is 7.09. The SMILES string of the molecule is CCc1ccc(NC(=O)CCn2nc(C)c(Br)c2C)cc1. The van der Waals surface area contributed by atoms with Gasteiger partial charge in [-0.15, -0.1) is 0 Å². The van der Waals surface area contributed by atoms with E-state index >= 15 is 0 Å². The lowest BCUT2D eigenvalue weighted by atomic mass is 10.1. The van der Waals surface area contributed by atoms with Gasteiger partial charge in [0.2, 0.25) is 5.91 Å². The van der Waals surface area contributed by atoms with Gasteiger partial charge in [-0.1, -0.05) is 19.1 Å². The Morgan fingerprint density at radius 3 is 2.48 bits per heavy atom. The molecule has 1 aromatic heterocycles. The third-order valence-electron chi connectivity index (χ3n) is 3.49. The topological polar surface area (TPSA) is 46.9 Å². The molecule has 0 radical (unpaired) electrons. The number of carbonyl (C=O) groups excluding carboxylic acids is 1. The summed E-state index contributed by atoms with van der Waals surface area (Å²) < 4.78 is 2.87. The molecule has 0 fully saturated rings. The van der Waals surface area contributed by atoms with Crippen LogP contribution >= 0.6 is 15.9 Å². The van der Waals surface area contributed by atoms with E-state index in [1.54, 1.807) is 0 Å². The van der Waals surface area contributed by atoms with Crippen LogP contribution in [0.1, 0.15) is 30.3 Å². The van der Waals surface area contributed by atoms with Gasteiger partial charge < -0.3 is 5.32 Å². The minimum Gasteiger partial charge on any atom is -0.326 e. The van der Waals surface area contributed by atoms with E-state index in [0.29, 0.717) is 13.0 Å². The molecule has 1 amide bonds. The molecule has 2 aromatic rings. The number of halogens is 1. The van der Waals surface area contributed by atoms with E-state index in [-0.39, 0.29) is 5.91 Å². The molecule has 0 spiro atoms. The second kappa shape index (κ2) is 6.89. The van der Waals surface area contributed by atoms with Gasteiger partial charge in [0.1, 0.15) is 0 Å². The van der Waals surface area contributed by atoms with Crippen LogP contribution in [0.3, 0.4) is 0 Å². The lowest BCUT2D eigenvalue weighted by Gasteiger charge is -2.07. The van der Waals surface area contributed by atoms with Crippen LogP contribution < -0.4 is 5.32 Å².